The van der Waals surface area contributed by atoms with Crippen LogP contribution in [0.2, 0.25) is 0 Å². The van der Waals surface area contributed by atoms with Gasteiger partial charge in [-0.05, 0) is 12.8 Å². The summed E-state index contributed by atoms with van der Waals surface area (Å²) in [5.41, 5.74) is 0. The van der Waals surface area contributed by atoms with Crippen LogP contribution in [0.25, 0.3) is 0 Å². The van der Waals surface area contributed by atoms with E-state index < -0.39 is 41.2 Å². The average molecular weight is 318 g/mol. The van der Waals surface area contributed by atoms with Crippen LogP contribution in [-0.4, -0.2) is 61.0 Å². The number of hydrogen-bond acceptors (Lipinski definition) is 3. The molecular weight excluding hydrogens is 301 g/mol. The fourth-order valence-electron chi connectivity index (χ4n) is 1.93. The smallest absolute Gasteiger partial charge is 0.390 e. The summed E-state index contributed by atoms with van der Waals surface area (Å²) in [6.07, 6.45) is -5.29. The summed E-state index contributed by atoms with van der Waals surface area (Å²) in [6, 6.07) is 0. The van der Waals surface area contributed by atoms with Gasteiger partial charge >= 0.3 is 12.1 Å². The molecule has 10 heteroatoms. The molecular formula is C10H17F3N2O4S. The largest absolute Gasteiger partial charge is 0.481 e. The van der Waals surface area contributed by atoms with Crippen LogP contribution in [0.3, 0.4) is 0 Å². The molecule has 1 saturated heterocycles. The number of nitrogens with zero attached hydrogens (tertiary/aromatic N) is 2. The van der Waals surface area contributed by atoms with E-state index in [4.69, 9.17) is 5.11 Å². The highest BCUT2D eigenvalue weighted by molar-refractivity contribution is 7.86. The summed E-state index contributed by atoms with van der Waals surface area (Å²) in [7, 11) is -2.87. The van der Waals surface area contributed by atoms with Crippen molar-refractivity contribution in [2.45, 2.75) is 25.4 Å². The average Bonchev–Trinajstić information content (AvgIpc) is 2.35. The van der Waals surface area contributed by atoms with Crippen LogP contribution in [0.1, 0.15) is 19.3 Å². The Kier molecular flexibility index (Phi) is 5.39. The molecule has 0 saturated carbocycles. The SMILES string of the molecule is CN(CCC(F)(F)F)S(=O)(=O)N1CCC(C(=O)O)CC1. The number of carboxylic acids is 1. The van der Waals surface area contributed by atoms with Crippen LogP contribution in [-0.2, 0) is 15.0 Å². The minimum absolute atomic E-state index is 0.00958. The van der Waals surface area contributed by atoms with Gasteiger partial charge in [-0.1, -0.05) is 0 Å². The quantitative estimate of drug-likeness (QED) is 0.817. The molecule has 6 nitrogen and oxygen atoms in total. The van der Waals surface area contributed by atoms with Crippen molar-refractivity contribution in [3.8, 4) is 0 Å². The number of aliphatic carboxylic acids is 1. The molecule has 1 N–H and O–H groups in total. The predicted octanol–water partition coefficient (Wildman–Crippen LogP) is 0.912. The zero-order valence-electron chi connectivity index (χ0n) is 10.9. The van der Waals surface area contributed by atoms with Crippen LogP contribution in [0.15, 0.2) is 0 Å². The van der Waals surface area contributed by atoms with E-state index in [0.717, 1.165) is 11.4 Å². The molecule has 0 aromatic heterocycles. The standard InChI is InChI=1S/C10H17F3N2O4S/c1-14(7-4-10(11,12)13)20(18,19)15-5-2-8(3-6-15)9(16)17/h8H,2-7H2,1H3,(H,16,17). The topological polar surface area (TPSA) is 77.9 Å². The summed E-state index contributed by atoms with van der Waals surface area (Å²) < 4.78 is 62.0. The zero-order valence-corrected chi connectivity index (χ0v) is 11.7. The zero-order chi connectivity index (χ0) is 15.6. The van der Waals surface area contributed by atoms with Gasteiger partial charge in [-0.2, -0.15) is 30.2 Å². The lowest BCUT2D eigenvalue weighted by Gasteiger charge is -2.32. The Bertz CT molecular complexity index is 444. The normalized spacial score (nSPS) is 19.4. The molecule has 0 bridgehead atoms. The fraction of sp³-hybridized carbons (Fsp3) is 0.900. The molecule has 0 aromatic rings. The second-order valence-corrected chi connectivity index (χ2v) is 6.74. The molecule has 0 aromatic carbocycles. The lowest BCUT2D eigenvalue weighted by molar-refractivity contribution is -0.143. The first-order chi connectivity index (χ1) is 9.04. The van der Waals surface area contributed by atoms with Crippen molar-refractivity contribution in [3.63, 3.8) is 0 Å². The first-order valence-corrected chi connectivity index (χ1v) is 7.44. The number of piperidine rings is 1. The fourth-order valence-corrected chi connectivity index (χ4v) is 3.32. The highest BCUT2D eigenvalue weighted by Gasteiger charge is 2.35. The summed E-state index contributed by atoms with van der Waals surface area (Å²) >= 11 is 0. The molecule has 0 radical (unpaired) electrons. The van der Waals surface area contributed by atoms with Crippen molar-refractivity contribution in [2.75, 3.05) is 26.7 Å². The van der Waals surface area contributed by atoms with Crippen molar-refractivity contribution in [1.82, 2.24) is 8.61 Å². The van der Waals surface area contributed by atoms with Gasteiger partial charge in [0.15, 0.2) is 0 Å². The van der Waals surface area contributed by atoms with Gasteiger partial charge in [0.05, 0.1) is 12.3 Å². The minimum atomic E-state index is -4.42. The van der Waals surface area contributed by atoms with Crippen molar-refractivity contribution < 1.29 is 31.5 Å². The third-order valence-corrected chi connectivity index (χ3v) is 5.22. The molecule has 0 atom stereocenters. The molecule has 118 valence electrons. The molecule has 0 amide bonds. The van der Waals surface area contributed by atoms with Gasteiger partial charge in [0, 0.05) is 26.7 Å². The summed E-state index contributed by atoms with van der Waals surface area (Å²) in [4.78, 5) is 10.8. The highest BCUT2D eigenvalue weighted by atomic mass is 32.2. The van der Waals surface area contributed by atoms with E-state index in [2.05, 4.69) is 0 Å². The molecule has 1 heterocycles. The van der Waals surface area contributed by atoms with Gasteiger partial charge < -0.3 is 5.11 Å². The Hall–Kier alpha value is -0.870. The van der Waals surface area contributed by atoms with Crippen molar-refractivity contribution in [2.24, 2.45) is 5.92 Å². The predicted molar refractivity (Wildman–Crippen MR) is 64.2 cm³/mol. The first kappa shape index (κ1) is 17.2. The number of halogens is 3. The van der Waals surface area contributed by atoms with Crippen molar-refractivity contribution in [1.29, 1.82) is 0 Å². The Morgan fingerprint density at radius 3 is 2.25 bits per heavy atom. The van der Waals surface area contributed by atoms with Gasteiger partial charge in [-0.25, -0.2) is 0 Å². The van der Waals surface area contributed by atoms with E-state index in [-0.39, 0.29) is 25.9 Å². The molecule has 0 spiro atoms. The number of carbonyl (C=O) groups is 1. The molecule has 1 aliphatic rings. The third-order valence-electron chi connectivity index (χ3n) is 3.23. The van der Waals surface area contributed by atoms with E-state index in [1.165, 1.54) is 0 Å². The monoisotopic (exact) mass is 318 g/mol. The molecule has 1 fully saturated rings. The van der Waals surface area contributed by atoms with E-state index >= 15 is 0 Å². The van der Waals surface area contributed by atoms with Crippen molar-refractivity contribution >= 4 is 16.2 Å². The highest BCUT2D eigenvalue weighted by Crippen LogP contribution is 2.23. The molecule has 0 unspecified atom stereocenters. The van der Waals surface area contributed by atoms with Crippen LogP contribution in [0, 0.1) is 5.92 Å². The van der Waals surface area contributed by atoms with Crippen LogP contribution < -0.4 is 0 Å². The number of rotatable bonds is 5. The van der Waals surface area contributed by atoms with E-state index in [1.807, 2.05) is 0 Å². The Balaban J connectivity index is 2.59. The second-order valence-electron chi connectivity index (χ2n) is 4.71. The number of hydrogen-bond donors (Lipinski definition) is 1. The summed E-state index contributed by atoms with van der Waals surface area (Å²) in [5.74, 6) is -1.57. The van der Waals surface area contributed by atoms with E-state index in [0.29, 0.717) is 4.31 Å². The first-order valence-electron chi connectivity index (χ1n) is 6.05. The van der Waals surface area contributed by atoms with Gasteiger partial charge in [-0.3, -0.25) is 4.79 Å². The number of carboxylic acid groups (broad SMARTS) is 1. The Morgan fingerprint density at radius 2 is 1.85 bits per heavy atom. The Morgan fingerprint density at radius 1 is 1.35 bits per heavy atom. The van der Waals surface area contributed by atoms with Crippen LogP contribution >= 0.6 is 0 Å². The molecule has 1 aliphatic heterocycles. The maximum absolute atomic E-state index is 12.1. The van der Waals surface area contributed by atoms with E-state index in [9.17, 15) is 26.4 Å². The molecule has 0 aliphatic carbocycles. The van der Waals surface area contributed by atoms with Crippen LogP contribution in [0.5, 0.6) is 0 Å². The summed E-state index contributed by atoms with van der Waals surface area (Å²) in [5, 5.41) is 8.81. The second kappa shape index (κ2) is 6.27. The summed E-state index contributed by atoms with van der Waals surface area (Å²) in [6.45, 7) is -0.629. The molecule has 1 rings (SSSR count). The van der Waals surface area contributed by atoms with Crippen molar-refractivity contribution in [3.05, 3.63) is 0 Å². The van der Waals surface area contributed by atoms with Gasteiger partial charge in [0.25, 0.3) is 10.2 Å². The van der Waals surface area contributed by atoms with Gasteiger partial charge in [0.2, 0.25) is 0 Å². The lowest BCUT2D eigenvalue weighted by atomic mass is 9.99. The Labute approximate surface area is 115 Å². The maximum atomic E-state index is 12.1. The van der Waals surface area contributed by atoms with E-state index in [1.54, 1.807) is 0 Å². The number of alkyl halides is 3. The maximum Gasteiger partial charge on any atom is 0.390 e. The van der Waals surface area contributed by atoms with Gasteiger partial charge in [-0.15, -0.1) is 0 Å². The molecule has 20 heavy (non-hydrogen) atoms. The third kappa shape index (κ3) is 4.60. The minimum Gasteiger partial charge on any atom is -0.481 e. The lowest BCUT2D eigenvalue weighted by Crippen LogP contribution is -2.47. The van der Waals surface area contributed by atoms with Crippen LogP contribution in [0.4, 0.5) is 13.2 Å². The van der Waals surface area contributed by atoms with Gasteiger partial charge in [0.1, 0.15) is 0 Å².